The molecule has 6 aliphatic carbocycles. The number of para-hydroxylation sites is 2. The molecule has 24 aromatic rings. The van der Waals surface area contributed by atoms with E-state index in [4.69, 9.17) is 13.3 Å². The number of hydrogen-bond donors (Lipinski definition) is 0. The maximum absolute atomic E-state index is 15.9. The molecule has 9 heteroatoms. The molecule has 0 aliphatic heterocycles. The molecule has 2 atom stereocenters. The van der Waals surface area contributed by atoms with Crippen molar-refractivity contribution in [2.24, 2.45) is 0 Å². The van der Waals surface area contributed by atoms with Crippen LogP contribution in [0.3, 0.4) is 0 Å². The largest absolute Gasteiger partial charge is 0.455 e. The Morgan fingerprint density at radius 1 is 0.155 bits per heavy atom. The van der Waals surface area contributed by atoms with E-state index in [1.165, 1.54) is 106 Å². The summed E-state index contributed by atoms with van der Waals surface area (Å²) in [4.78, 5) is 0. The van der Waals surface area contributed by atoms with Crippen LogP contribution >= 0.6 is 21.4 Å². The molecule has 0 bridgehead atoms. The maximum Gasteiger partial charge on any atom is 0.171 e. The monoisotopic (exact) mass is 1880 g/mol. The van der Waals surface area contributed by atoms with Crippen LogP contribution in [0.1, 0.15) is 96.5 Å². The molecule has 30 rings (SSSR count). The molecular formula is C133H97O6P3. The van der Waals surface area contributed by atoms with Gasteiger partial charge in [-0.05, 0) is 153 Å². The molecule has 142 heavy (non-hydrogen) atoms. The van der Waals surface area contributed by atoms with Crippen LogP contribution < -0.4 is 47.7 Å². The summed E-state index contributed by atoms with van der Waals surface area (Å²) in [5.74, 6) is 0. The molecule has 0 fully saturated rings. The average molecular weight is 1880 g/mol. The van der Waals surface area contributed by atoms with Gasteiger partial charge in [-0.25, -0.2) is 0 Å². The van der Waals surface area contributed by atoms with Crippen molar-refractivity contribution in [1.82, 2.24) is 0 Å². The Kier molecular flexibility index (Phi) is 20.9. The third kappa shape index (κ3) is 11.9. The van der Waals surface area contributed by atoms with Gasteiger partial charge in [0.2, 0.25) is 0 Å². The van der Waals surface area contributed by atoms with Crippen molar-refractivity contribution in [2.45, 2.75) is 46.0 Å². The van der Waals surface area contributed by atoms with Gasteiger partial charge in [-0.2, -0.15) is 0 Å². The third-order valence-electron chi connectivity index (χ3n) is 30.5. The standard InChI is InChI=1S/3C43H27O2P.4CH4/c44-46(28-14-3-1-4-15-28,29-16-5-2-6-17-29)39-25-13-23-36-40(39)32-19-7-10-21-34(32)43(36)35-22-11-8-20-33(35)41-37(43)27-26-31-30-18-9-12-24-38(30)45-42(31)41;44-46(28-13-3-1-4-14-28,29-15-5-2-6-16-29)30-23-24-32-31-17-7-10-20-36(31)43(39(32)27-30)37-21-11-8-19-35(37)41-38(43)26-25-34-33-18-9-12-22-40(33)45-42(34)41;44-46(28-13-3-1-4-14-28,29-15-5-2-6-16-29)30-23-26-40-35(27-30)33-24-25-39-41(42(33)45-40)34-19-9-12-22-38(34)43(39)36-20-10-7-17-31(36)32-18-8-11-21-37(32)43;;;;/h3*1-27H;4*1H4. The Balaban J connectivity index is 0.000000113. The molecule has 0 amide bonds. The molecule has 0 saturated heterocycles. The van der Waals surface area contributed by atoms with Gasteiger partial charge in [-0.15, -0.1) is 0 Å². The van der Waals surface area contributed by atoms with Crippen LogP contribution in [0.25, 0.3) is 133 Å². The molecule has 0 N–H and O–H groups in total. The summed E-state index contributed by atoms with van der Waals surface area (Å²) in [5, 5.41) is 14.0. The topological polar surface area (TPSA) is 90.6 Å². The quantitative estimate of drug-likeness (QED) is 0.134. The summed E-state index contributed by atoms with van der Waals surface area (Å²) in [6.07, 6.45) is 0. The minimum atomic E-state index is -3.28. The highest BCUT2D eigenvalue weighted by molar-refractivity contribution is 7.86. The molecule has 680 valence electrons. The fourth-order valence-corrected chi connectivity index (χ4v) is 33.3. The number of benzene rings is 21. The number of fused-ring (bicyclic) bond motifs is 42. The van der Waals surface area contributed by atoms with Crippen LogP contribution in [0.15, 0.2) is 505 Å². The Morgan fingerprint density at radius 3 is 0.768 bits per heavy atom. The summed E-state index contributed by atoms with van der Waals surface area (Å²) in [5.41, 5.74) is 32.7. The normalized spacial score (nSPS) is 14.9. The zero-order chi connectivity index (χ0) is 91.4. The van der Waals surface area contributed by atoms with Crippen molar-refractivity contribution < 1.29 is 26.9 Å². The Hall–Kier alpha value is -16.3. The predicted molar refractivity (Wildman–Crippen MR) is 595 cm³/mol. The van der Waals surface area contributed by atoms with Gasteiger partial charge in [0, 0.05) is 96.7 Å². The molecule has 3 aromatic heterocycles. The first-order chi connectivity index (χ1) is 68.1. The highest BCUT2D eigenvalue weighted by Crippen LogP contribution is 2.69. The molecule has 3 spiro atoms. The number of hydrogen-bond acceptors (Lipinski definition) is 6. The van der Waals surface area contributed by atoms with Crippen LogP contribution in [0, 0.1) is 0 Å². The van der Waals surface area contributed by atoms with E-state index < -0.39 is 37.7 Å². The fourth-order valence-electron chi connectivity index (χ4n) is 25.0. The Bertz CT molecular complexity index is 9060. The molecular weight excluding hydrogens is 1790 g/mol. The van der Waals surface area contributed by atoms with Gasteiger partial charge in [-0.3, -0.25) is 0 Å². The van der Waals surface area contributed by atoms with E-state index in [1.807, 2.05) is 206 Å². The zero-order valence-electron chi connectivity index (χ0n) is 74.6. The Labute approximate surface area is 826 Å². The lowest BCUT2D eigenvalue weighted by molar-refractivity contribution is 0.591. The molecule has 6 nitrogen and oxygen atoms in total. The van der Waals surface area contributed by atoms with Crippen molar-refractivity contribution in [2.75, 3.05) is 0 Å². The van der Waals surface area contributed by atoms with Crippen molar-refractivity contribution in [3.63, 3.8) is 0 Å². The summed E-state index contributed by atoms with van der Waals surface area (Å²) in [7, 11) is -9.62. The van der Waals surface area contributed by atoms with Crippen molar-refractivity contribution in [3.05, 3.63) is 558 Å². The van der Waals surface area contributed by atoms with E-state index in [0.29, 0.717) is 0 Å². The molecule has 0 radical (unpaired) electrons. The first-order valence-electron chi connectivity index (χ1n) is 47.1. The van der Waals surface area contributed by atoms with Crippen LogP contribution in [-0.2, 0) is 29.9 Å². The number of furan rings is 3. The summed E-state index contributed by atoms with van der Waals surface area (Å²) in [6, 6.07) is 171. The SMILES string of the molecule is C.C.C.C.O=P(c1ccccc1)(c1ccccc1)c1ccc2c(c1)C1(c3ccccc3-2)c2ccccc2-c2c1ccc1c2oc2ccccc21.O=P(c1ccccc1)(c1ccccc1)c1ccc2oc3c4c(ccc3c2c1)C1(c2ccccc2-c2ccccc21)c1ccccc1-4.O=P(c1ccccc1)(c1ccccc1)c1cccc2c1-c1ccccc1C21c2ccccc2-c2c1ccc1c2oc2ccccc21. The third-order valence-corrected chi connectivity index (χ3v) is 39.8. The van der Waals surface area contributed by atoms with Crippen molar-refractivity contribution in [3.8, 4) is 66.8 Å². The van der Waals surface area contributed by atoms with E-state index in [0.717, 1.165) is 141 Å². The van der Waals surface area contributed by atoms with E-state index in [2.05, 4.69) is 285 Å². The van der Waals surface area contributed by atoms with E-state index in [1.54, 1.807) is 0 Å². The minimum Gasteiger partial charge on any atom is -0.455 e. The van der Waals surface area contributed by atoms with Gasteiger partial charge in [0.25, 0.3) is 0 Å². The second-order valence-electron chi connectivity index (χ2n) is 36.9. The van der Waals surface area contributed by atoms with Gasteiger partial charge < -0.3 is 26.9 Å². The van der Waals surface area contributed by atoms with Crippen LogP contribution in [-0.4, -0.2) is 0 Å². The van der Waals surface area contributed by atoms with Gasteiger partial charge >= 0.3 is 0 Å². The van der Waals surface area contributed by atoms with Gasteiger partial charge in [-0.1, -0.05) is 485 Å². The molecule has 2 unspecified atom stereocenters. The van der Waals surface area contributed by atoms with Crippen LogP contribution in [0.5, 0.6) is 0 Å². The first-order valence-corrected chi connectivity index (χ1v) is 52.3. The highest BCUT2D eigenvalue weighted by atomic mass is 31.2. The lowest BCUT2D eigenvalue weighted by Crippen LogP contribution is -2.29. The second kappa shape index (κ2) is 33.5. The summed E-state index contributed by atoms with van der Waals surface area (Å²) >= 11 is 0. The first kappa shape index (κ1) is 88.4. The summed E-state index contributed by atoms with van der Waals surface area (Å²) < 4.78 is 67.0. The van der Waals surface area contributed by atoms with Crippen LogP contribution in [0.4, 0.5) is 0 Å². The predicted octanol–water partition coefficient (Wildman–Crippen LogP) is 31.3. The second-order valence-corrected chi connectivity index (χ2v) is 45.2. The van der Waals surface area contributed by atoms with Crippen molar-refractivity contribution in [1.29, 1.82) is 0 Å². The molecule has 3 heterocycles. The zero-order valence-corrected chi connectivity index (χ0v) is 77.2. The molecule has 21 aromatic carbocycles. The summed E-state index contributed by atoms with van der Waals surface area (Å²) in [6.45, 7) is 0. The average Bonchev–Trinajstić information content (AvgIpc) is 1.51. The van der Waals surface area contributed by atoms with Gasteiger partial charge in [0.1, 0.15) is 33.5 Å². The van der Waals surface area contributed by atoms with Crippen molar-refractivity contribution >= 4 is 135 Å². The van der Waals surface area contributed by atoms with E-state index >= 15 is 13.7 Å². The molecule has 0 saturated carbocycles. The molecule has 6 aliphatic rings. The smallest absolute Gasteiger partial charge is 0.171 e. The highest BCUT2D eigenvalue weighted by Gasteiger charge is 2.57. The fraction of sp³-hybridized carbons (Fsp3) is 0.0526. The van der Waals surface area contributed by atoms with E-state index in [-0.39, 0.29) is 29.7 Å². The van der Waals surface area contributed by atoms with Crippen LogP contribution in [0.2, 0.25) is 0 Å². The minimum absolute atomic E-state index is 0. The Morgan fingerprint density at radius 2 is 0.401 bits per heavy atom. The lowest BCUT2D eigenvalue weighted by Gasteiger charge is -2.31. The van der Waals surface area contributed by atoms with Gasteiger partial charge in [0.05, 0.1) is 16.2 Å². The number of rotatable bonds is 9. The maximum atomic E-state index is 15.9. The lowest BCUT2D eigenvalue weighted by atomic mass is 9.70. The van der Waals surface area contributed by atoms with E-state index in [9.17, 15) is 0 Å². The van der Waals surface area contributed by atoms with Gasteiger partial charge in [0.15, 0.2) is 21.4 Å².